The highest BCUT2D eigenvalue weighted by Crippen LogP contribution is 2.55. The maximum atomic E-state index is 12.5. The number of aliphatic hydroxyl groups excluding tert-OH is 4. The van der Waals surface area contributed by atoms with Gasteiger partial charge in [-0.15, -0.1) is 0 Å². The Morgan fingerprint density at radius 3 is 2.40 bits per heavy atom. The summed E-state index contributed by atoms with van der Waals surface area (Å²) < 4.78 is 10.2. The highest BCUT2D eigenvalue weighted by Gasteiger charge is 2.60. The average Bonchev–Trinajstić information content (AvgIpc) is 2.72. The molecule has 2 aliphatic rings. The van der Waals surface area contributed by atoms with Gasteiger partial charge < -0.3 is 34.7 Å². The van der Waals surface area contributed by atoms with Crippen molar-refractivity contribution in [2.24, 2.45) is 23.2 Å². The minimum Gasteiger partial charge on any atom is -0.466 e. The van der Waals surface area contributed by atoms with Gasteiger partial charge in [-0.2, -0.15) is 0 Å². The second kappa shape index (κ2) is 9.38. The van der Waals surface area contributed by atoms with Gasteiger partial charge in [-0.05, 0) is 19.3 Å². The predicted octanol–water partition coefficient (Wildman–Crippen LogP) is -0.490. The van der Waals surface area contributed by atoms with Crippen LogP contribution < -0.4 is 0 Å². The predicted molar refractivity (Wildman–Crippen MR) is 104 cm³/mol. The van der Waals surface area contributed by atoms with Crippen molar-refractivity contribution in [3.05, 3.63) is 24.3 Å². The van der Waals surface area contributed by atoms with E-state index in [4.69, 9.17) is 14.6 Å². The molecule has 0 aliphatic heterocycles. The molecule has 0 aromatic heterocycles. The van der Waals surface area contributed by atoms with Crippen molar-refractivity contribution < 1.29 is 44.3 Å². The molecule has 9 heteroatoms. The standard InChI is InChI=1S/C21H30O9/c1-10(13(24)9-23)20(28)30-14-7-21(3)15(25)6-5-12(8-22)17(21)18(26)16(14)11(2)19(27)29-4/h8,12-18,23-26H,1-2,5-7,9H2,3-4H3/t12-,13+,14+,15-,16-,17+,18+,21-/m1/s1. The van der Waals surface area contributed by atoms with Crippen LogP contribution in [-0.2, 0) is 23.9 Å². The number of hydrogen-bond donors (Lipinski definition) is 4. The highest BCUT2D eigenvalue weighted by atomic mass is 16.5. The van der Waals surface area contributed by atoms with Gasteiger partial charge in [0, 0.05) is 22.8 Å². The molecular formula is C21H30O9. The van der Waals surface area contributed by atoms with Gasteiger partial charge in [0.2, 0.25) is 0 Å². The summed E-state index contributed by atoms with van der Waals surface area (Å²) >= 11 is 0. The molecule has 8 atom stereocenters. The Bertz CT molecular complexity index is 717. The molecule has 168 valence electrons. The van der Waals surface area contributed by atoms with Crippen LogP contribution in [0.15, 0.2) is 24.3 Å². The molecule has 0 unspecified atom stereocenters. The van der Waals surface area contributed by atoms with E-state index in [9.17, 15) is 29.7 Å². The summed E-state index contributed by atoms with van der Waals surface area (Å²) in [6, 6.07) is 0. The van der Waals surface area contributed by atoms with Crippen LogP contribution in [0.5, 0.6) is 0 Å². The fourth-order valence-corrected chi connectivity index (χ4v) is 4.91. The van der Waals surface area contributed by atoms with Crippen LogP contribution >= 0.6 is 0 Å². The molecule has 2 fully saturated rings. The van der Waals surface area contributed by atoms with E-state index in [0.717, 1.165) is 13.4 Å². The summed E-state index contributed by atoms with van der Waals surface area (Å²) in [5, 5.41) is 40.6. The molecule has 30 heavy (non-hydrogen) atoms. The van der Waals surface area contributed by atoms with Crippen molar-refractivity contribution in [3.63, 3.8) is 0 Å². The molecular weight excluding hydrogens is 396 g/mol. The topological polar surface area (TPSA) is 151 Å². The van der Waals surface area contributed by atoms with Gasteiger partial charge in [0.05, 0.1) is 37.4 Å². The lowest BCUT2D eigenvalue weighted by Crippen LogP contribution is -2.62. The molecule has 0 spiro atoms. The summed E-state index contributed by atoms with van der Waals surface area (Å²) in [6.07, 6.45) is -3.34. The van der Waals surface area contributed by atoms with Gasteiger partial charge in [-0.1, -0.05) is 20.1 Å². The Morgan fingerprint density at radius 2 is 1.87 bits per heavy atom. The molecule has 9 nitrogen and oxygen atoms in total. The number of methoxy groups -OCH3 is 1. The van der Waals surface area contributed by atoms with Crippen molar-refractivity contribution in [2.45, 2.75) is 50.6 Å². The van der Waals surface area contributed by atoms with Crippen molar-refractivity contribution in [1.29, 1.82) is 0 Å². The van der Waals surface area contributed by atoms with E-state index in [0.29, 0.717) is 12.8 Å². The van der Waals surface area contributed by atoms with E-state index in [-0.39, 0.29) is 12.0 Å². The van der Waals surface area contributed by atoms with Crippen molar-refractivity contribution in [3.8, 4) is 0 Å². The number of aldehydes is 1. The van der Waals surface area contributed by atoms with Crippen LogP contribution in [-0.4, -0.2) is 76.8 Å². The van der Waals surface area contributed by atoms with Crippen LogP contribution in [0.4, 0.5) is 0 Å². The molecule has 0 aromatic carbocycles. The first-order chi connectivity index (χ1) is 14.0. The molecule has 0 bridgehead atoms. The Hall–Kier alpha value is -2.07. The summed E-state index contributed by atoms with van der Waals surface area (Å²) in [6.45, 7) is 8.08. The van der Waals surface area contributed by atoms with Crippen LogP contribution in [0.2, 0.25) is 0 Å². The van der Waals surface area contributed by atoms with Gasteiger partial charge in [-0.3, -0.25) is 0 Å². The summed E-state index contributed by atoms with van der Waals surface area (Å²) in [4.78, 5) is 36.3. The zero-order valence-corrected chi connectivity index (χ0v) is 17.2. The Balaban J connectivity index is 2.45. The summed E-state index contributed by atoms with van der Waals surface area (Å²) in [7, 11) is 1.14. The first-order valence-electron chi connectivity index (χ1n) is 9.80. The van der Waals surface area contributed by atoms with E-state index < -0.39 is 71.7 Å². The second-order valence-corrected chi connectivity index (χ2v) is 8.33. The zero-order valence-electron chi connectivity index (χ0n) is 17.2. The van der Waals surface area contributed by atoms with E-state index in [1.807, 2.05) is 0 Å². The molecule has 0 amide bonds. The van der Waals surface area contributed by atoms with Gasteiger partial charge in [0.25, 0.3) is 0 Å². The van der Waals surface area contributed by atoms with Crippen LogP contribution in [0, 0.1) is 23.2 Å². The first-order valence-corrected chi connectivity index (χ1v) is 9.80. The third-order valence-electron chi connectivity index (χ3n) is 6.66. The van der Waals surface area contributed by atoms with E-state index in [1.54, 1.807) is 6.92 Å². The number of carbonyl (C=O) groups is 3. The number of hydrogen-bond acceptors (Lipinski definition) is 9. The number of esters is 2. The Morgan fingerprint density at radius 1 is 1.23 bits per heavy atom. The van der Waals surface area contributed by atoms with Gasteiger partial charge in [0.1, 0.15) is 18.5 Å². The number of aliphatic hydroxyl groups is 4. The average molecular weight is 426 g/mol. The number of carbonyl (C=O) groups excluding carboxylic acids is 3. The Kier molecular flexibility index (Phi) is 7.57. The first kappa shape index (κ1) is 24.2. The molecule has 2 aliphatic carbocycles. The zero-order chi connectivity index (χ0) is 22.8. The Labute approximate surface area is 175 Å². The van der Waals surface area contributed by atoms with Crippen molar-refractivity contribution in [2.75, 3.05) is 13.7 Å². The fourth-order valence-electron chi connectivity index (χ4n) is 4.91. The minimum absolute atomic E-state index is 0.0369. The van der Waals surface area contributed by atoms with E-state index in [2.05, 4.69) is 13.2 Å². The molecule has 0 radical (unpaired) electrons. The number of ether oxygens (including phenoxy) is 2. The largest absolute Gasteiger partial charge is 0.466 e. The highest BCUT2D eigenvalue weighted by molar-refractivity contribution is 5.90. The molecule has 4 N–H and O–H groups in total. The molecule has 0 aromatic rings. The smallest absolute Gasteiger partial charge is 0.336 e. The third-order valence-corrected chi connectivity index (χ3v) is 6.66. The summed E-state index contributed by atoms with van der Waals surface area (Å²) in [5.74, 6) is -4.16. The molecule has 2 rings (SSSR count). The lowest BCUT2D eigenvalue weighted by molar-refractivity contribution is -0.198. The third kappa shape index (κ3) is 4.20. The summed E-state index contributed by atoms with van der Waals surface area (Å²) in [5.41, 5.74) is -1.50. The number of fused-ring (bicyclic) bond motifs is 1. The van der Waals surface area contributed by atoms with E-state index in [1.165, 1.54) is 0 Å². The second-order valence-electron chi connectivity index (χ2n) is 8.33. The van der Waals surface area contributed by atoms with Gasteiger partial charge in [0.15, 0.2) is 0 Å². The van der Waals surface area contributed by atoms with Crippen LogP contribution in [0.1, 0.15) is 26.2 Å². The quantitative estimate of drug-likeness (QED) is 0.240. The maximum Gasteiger partial charge on any atom is 0.336 e. The van der Waals surface area contributed by atoms with Gasteiger partial charge in [-0.25, -0.2) is 9.59 Å². The lowest BCUT2D eigenvalue weighted by atomic mass is 9.51. The normalized spacial score (nSPS) is 36.7. The van der Waals surface area contributed by atoms with E-state index >= 15 is 0 Å². The van der Waals surface area contributed by atoms with Crippen LogP contribution in [0.25, 0.3) is 0 Å². The minimum atomic E-state index is -1.53. The molecule has 0 heterocycles. The SMILES string of the molecule is C=C(C(=O)OC)[C@H]1[C@H](O)[C@@H]2[C@@H](C=O)CC[C@@H](O)[C@@]2(C)C[C@@H]1OC(=O)C(=C)[C@@H](O)CO. The van der Waals surface area contributed by atoms with Gasteiger partial charge >= 0.3 is 11.9 Å². The molecule has 0 saturated heterocycles. The fraction of sp³-hybridized carbons (Fsp3) is 0.667. The monoisotopic (exact) mass is 426 g/mol. The van der Waals surface area contributed by atoms with Crippen molar-refractivity contribution in [1.82, 2.24) is 0 Å². The van der Waals surface area contributed by atoms with Crippen molar-refractivity contribution >= 4 is 18.2 Å². The maximum absolute atomic E-state index is 12.5. The molecule has 2 saturated carbocycles. The lowest BCUT2D eigenvalue weighted by Gasteiger charge is -2.56. The van der Waals surface area contributed by atoms with Crippen LogP contribution in [0.3, 0.4) is 0 Å². The number of rotatable bonds is 7.